The number of hydrogen-bond acceptors (Lipinski definition) is 8. The third kappa shape index (κ3) is 8.83. The lowest BCUT2D eigenvalue weighted by Gasteiger charge is -2.45. The second-order valence-electron chi connectivity index (χ2n) is 13.0. The van der Waals surface area contributed by atoms with Crippen LogP contribution in [0, 0.1) is 0 Å². The van der Waals surface area contributed by atoms with Crippen LogP contribution in [0.5, 0.6) is 0 Å². The van der Waals surface area contributed by atoms with Gasteiger partial charge in [-0.25, -0.2) is 4.79 Å². The summed E-state index contributed by atoms with van der Waals surface area (Å²) in [6.45, 7) is -0.0900. The molecule has 0 radical (unpaired) electrons. The zero-order valence-corrected chi connectivity index (χ0v) is 31.7. The van der Waals surface area contributed by atoms with Crippen molar-refractivity contribution in [1.82, 2.24) is 0 Å². The minimum Gasteiger partial charge on any atom is -0.452 e. The second kappa shape index (κ2) is 18.5. The average molecular weight is 784 g/mol. The van der Waals surface area contributed by atoms with Gasteiger partial charge in [-0.15, -0.1) is 0 Å². The lowest BCUT2D eigenvalue weighted by Crippen LogP contribution is -2.60. The number of rotatable bonds is 14. The van der Waals surface area contributed by atoms with E-state index < -0.39 is 41.4 Å². The average Bonchev–Trinajstić information content (AvgIpc) is 3.25. The van der Waals surface area contributed by atoms with Gasteiger partial charge >= 0.3 is 5.97 Å². The number of benzene rings is 6. The van der Waals surface area contributed by atoms with Crippen molar-refractivity contribution in [1.29, 1.82) is 0 Å². The second-order valence-corrected chi connectivity index (χ2v) is 14.6. The van der Waals surface area contributed by atoms with Crippen molar-refractivity contribution in [3.63, 3.8) is 0 Å². The molecule has 1 saturated heterocycles. The van der Waals surface area contributed by atoms with Gasteiger partial charge in [0.25, 0.3) is 0 Å². The van der Waals surface area contributed by atoms with Crippen LogP contribution in [0.25, 0.3) is 10.4 Å². The Hall–Kier alpha value is -5.42. The highest BCUT2D eigenvalue weighted by Crippen LogP contribution is 2.43. The quantitative estimate of drug-likeness (QED) is 0.0384. The minimum atomic E-state index is -1.32. The summed E-state index contributed by atoms with van der Waals surface area (Å²) in [6, 6.07) is 53.1. The van der Waals surface area contributed by atoms with E-state index in [1.165, 1.54) is 11.8 Å². The van der Waals surface area contributed by atoms with Crippen LogP contribution in [0.15, 0.2) is 180 Å². The Balaban J connectivity index is 1.27. The molecule has 0 spiro atoms. The molecule has 56 heavy (non-hydrogen) atoms. The first-order valence-electron chi connectivity index (χ1n) is 18.0. The fourth-order valence-electron chi connectivity index (χ4n) is 6.78. The summed E-state index contributed by atoms with van der Waals surface area (Å²) in [5, 5.41) is 16.2. The number of aliphatic hydroxyl groups is 1. The van der Waals surface area contributed by atoms with Crippen LogP contribution < -0.4 is 0 Å². The van der Waals surface area contributed by atoms with Gasteiger partial charge in [0, 0.05) is 9.81 Å². The van der Waals surface area contributed by atoms with Gasteiger partial charge in [0.2, 0.25) is 0 Å². The number of thioether (sulfide) groups is 1. The lowest BCUT2D eigenvalue weighted by molar-refractivity contribution is -0.231. The smallest absolute Gasteiger partial charge is 0.338 e. The van der Waals surface area contributed by atoms with Crippen molar-refractivity contribution < 1.29 is 28.8 Å². The third-order valence-corrected chi connectivity index (χ3v) is 10.9. The number of nitrogens with zero attached hydrogens (tertiary/aromatic N) is 3. The summed E-state index contributed by atoms with van der Waals surface area (Å²) in [4.78, 5) is 17.4. The van der Waals surface area contributed by atoms with Crippen molar-refractivity contribution in [3.8, 4) is 0 Å². The molecule has 0 aliphatic carbocycles. The number of esters is 1. The largest absolute Gasteiger partial charge is 0.452 e. The van der Waals surface area contributed by atoms with E-state index in [2.05, 4.69) is 10.0 Å². The SMILES string of the molecule is [N-]=[N+]=Nc1ccc(CO[C@H]2[C@H](O)[C@@H](COC(c3ccccc3)(c3ccccc3)c3ccccc3)O[C@@H](Sc3ccccc3)[C@@H]2OC(=O)c2ccccc2)cc1Cl. The van der Waals surface area contributed by atoms with Crippen LogP contribution in [0.3, 0.4) is 0 Å². The number of hydrogen-bond donors (Lipinski definition) is 1. The Morgan fingerprint density at radius 3 is 1.84 bits per heavy atom. The molecule has 7 rings (SSSR count). The number of carbonyl (C=O) groups is 1. The maximum atomic E-state index is 13.7. The molecule has 1 N–H and O–H groups in total. The van der Waals surface area contributed by atoms with Crippen molar-refractivity contribution in [2.75, 3.05) is 6.61 Å². The maximum Gasteiger partial charge on any atom is 0.338 e. The molecule has 0 amide bonds. The highest BCUT2D eigenvalue weighted by Gasteiger charge is 2.50. The minimum absolute atomic E-state index is 0.0182. The number of halogens is 1. The fourth-order valence-corrected chi connectivity index (χ4v) is 8.14. The summed E-state index contributed by atoms with van der Waals surface area (Å²) in [5.74, 6) is -0.591. The van der Waals surface area contributed by atoms with Crippen molar-refractivity contribution >= 4 is 35.0 Å². The Bertz CT molecular complexity index is 2140. The van der Waals surface area contributed by atoms with Crippen LogP contribution in [0.1, 0.15) is 32.6 Å². The third-order valence-electron chi connectivity index (χ3n) is 9.48. The molecule has 5 atom stereocenters. The van der Waals surface area contributed by atoms with Crippen LogP contribution >= 0.6 is 23.4 Å². The first-order chi connectivity index (χ1) is 27.5. The number of ether oxygens (including phenoxy) is 4. The summed E-state index contributed by atoms with van der Waals surface area (Å²) in [6.07, 6.45) is -4.42. The molecular weight excluding hydrogens is 746 g/mol. The molecule has 282 valence electrons. The Morgan fingerprint density at radius 2 is 1.30 bits per heavy atom. The van der Waals surface area contributed by atoms with Crippen LogP contribution in [-0.4, -0.2) is 47.5 Å². The Kier molecular flexibility index (Phi) is 12.8. The van der Waals surface area contributed by atoms with Crippen molar-refractivity contribution in [2.24, 2.45) is 5.11 Å². The molecule has 1 fully saturated rings. The van der Waals surface area contributed by atoms with Gasteiger partial charge in [-0.1, -0.05) is 168 Å². The summed E-state index contributed by atoms with van der Waals surface area (Å²) in [5.41, 5.74) is 10.9. The molecule has 9 nitrogen and oxygen atoms in total. The predicted molar refractivity (Wildman–Crippen MR) is 217 cm³/mol. The first-order valence-corrected chi connectivity index (χ1v) is 19.3. The Labute approximate surface area is 334 Å². The maximum absolute atomic E-state index is 13.7. The topological polar surface area (TPSA) is 123 Å². The molecule has 6 aromatic carbocycles. The molecule has 0 unspecified atom stereocenters. The van der Waals surface area contributed by atoms with Gasteiger partial charge in [-0.2, -0.15) is 0 Å². The molecule has 1 aliphatic rings. The fraction of sp³-hybridized carbons (Fsp3) is 0.178. The monoisotopic (exact) mass is 783 g/mol. The number of azide groups is 1. The Morgan fingerprint density at radius 1 is 0.768 bits per heavy atom. The molecule has 1 heterocycles. The zero-order chi connectivity index (χ0) is 38.7. The van der Waals surface area contributed by atoms with Gasteiger partial charge in [-0.3, -0.25) is 0 Å². The molecule has 6 aromatic rings. The number of carbonyl (C=O) groups excluding carboxylic acids is 1. The van der Waals surface area contributed by atoms with E-state index in [0.29, 0.717) is 11.1 Å². The standard InChI is InChI=1S/C45H38ClN3O6S/c46-37-28-31(26-27-38(37)48-49-47)29-52-41-40(50)39(54-44(56-36-24-14-5-15-25-36)42(41)55-43(51)32-16-6-1-7-17-32)30-53-45(33-18-8-2-9-19-33,34-20-10-3-11-21-34)35-22-12-4-13-23-35/h1-28,39-42,44,50H,29-30H2/t39-,40-,41+,42-,44+/m1/s1. The van der Waals surface area contributed by atoms with E-state index in [1.54, 1.807) is 42.5 Å². The lowest BCUT2D eigenvalue weighted by atomic mass is 9.80. The van der Waals surface area contributed by atoms with Crippen molar-refractivity contribution in [3.05, 3.63) is 213 Å². The van der Waals surface area contributed by atoms with Gasteiger partial charge < -0.3 is 24.1 Å². The van der Waals surface area contributed by atoms with E-state index in [9.17, 15) is 9.90 Å². The number of aliphatic hydroxyl groups excluding tert-OH is 1. The molecule has 11 heteroatoms. The zero-order valence-electron chi connectivity index (χ0n) is 30.1. The highest BCUT2D eigenvalue weighted by atomic mass is 35.5. The molecule has 0 saturated carbocycles. The van der Waals surface area contributed by atoms with E-state index in [0.717, 1.165) is 21.6 Å². The predicted octanol–water partition coefficient (Wildman–Crippen LogP) is 10.3. The van der Waals surface area contributed by atoms with E-state index in [-0.39, 0.29) is 23.9 Å². The van der Waals surface area contributed by atoms with Crippen LogP contribution in [0.4, 0.5) is 5.69 Å². The molecule has 1 aliphatic heterocycles. The van der Waals surface area contributed by atoms with E-state index in [4.69, 9.17) is 36.1 Å². The van der Waals surface area contributed by atoms with Gasteiger partial charge in [-0.05, 0) is 58.1 Å². The molecule has 0 aromatic heterocycles. The van der Waals surface area contributed by atoms with Gasteiger partial charge in [0.1, 0.15) is 29.3 Å². The first kappa shape index (κ1) is 38.8. The summed E-state index contributed by atoms with van der Waals surface area (Å²) < 4.78 is 26.6. The normalized spacial score (nSPS) is 19.4. The van der Waals surface area contributed by atoms with Gasteiger partial charge in [0.05, 0.1) is 29.5 Å². The summed E-state index contributed by atoms with van der Waals surface area (Å²) >= 11 is 7.78. The van der Waals surface area contributed by atoms with Crippen LogP contribution in [0.2, 0.25) is 5.02 Å². The molecular formula is C45H38ClN3O6S. The van der Waals surface area contributed by atoms with Crippen molar-refractivity contribution in [2.45, 2.75) is 47.0 Å². The highest BCUT2D eigenvalue weighted by molar-refractivity contribution is 7.99. The molecule has 0 bridgehead atoms. The van der Waals surface area contributed by atoms with E-state index >= 15 is 0 Å². The van der Waals surface area contributed by atoms with Crippen LogP contribution in [-0.2, 0) is 31.2 Å². The van der Waals surface area contributed by atoms with Gasteiger partial charge in [0.15, 0.2) is 6.10 Å². The summed E-state index contributed by atoms with van der Waals surface area (Å²) in [7, 11) is 0. The van der Waals surface area contributed by atoms with E-state index in [1.807, 2.05) is 127 Å².